The fraction of sp³-hybridized carbons (Fsp3) is 0.372. The van der Waals surface area contributed by atoms with Gasteiger partial charge in [0.25, 0.3) is 0 Å². The Kier molecular flexibility index (Phi) is 18.2. The van der Waals surface area contributed by atoms with Gasteiger partial charge in [-0.05, 0) is 19.3 Å². The minimum Gasteiger partial charge on any atom is -0.237 e. The Hall–Kier alpha value is -5.25. The van der Waals surface area contributed by atoms with Gasteiger partial charge in [0.2, 0.25) is 6.33 Å². The monoisotopic (exact) mass is 972 g/mol. The van der Waals surface area contributed by atoms with E-state index in [0.717, 1.165) is 0 Å². The smallest absolute Gasteiger partial charge is 0.237 e. The van der Waals surface area contributed by atoms with Crippen molar-refractivity contribution < 1.29 is 92.4 Å². The number of hydrogen-bond donors (Lipinski definition) is 0. The van der Waals surface area contributed by atoms with E-state index in [1.165, 1.54) is 90.1 Å². The van der Waals surface area contributed by atoms with Crippen LogP contribution in [-0.4, -0.2) is 10.7 Å². The Labute approximate surface area is 363 Å². The van der Waals surface area contributed by atoms with E-state index in [1.54, 1.807) is 0 Å². The minimum atomic E-state index is -7.22. The Bertz CT molecular complexity index is 2160. The lowest BCUT2D eigenvalue weighted by Crippen LogP contribution is -2.81. The molecule has 5 aromatic rings. The normalized spacial score (nSPS) is 11.7. The summed E-state index contributed by atoms with van der Waals surface area (Å²) >= 11 is 0. The quantitative estimate of drug-likeness (QED) is 0.0207. The molecular formula is C43H37BF20N2. The van der Waals surface area contributed by atoms with Crippen molar-refractivity contribution in [2.45, 2.75) is 104 Å². The maximum absolute atomic E-state index is 15.4. The molecule has 0 aliphatic heterocycles. The Morgan fingerprint density at radius 3 is 0.848 bits per heavy atom. The van der Waals surface area contributed by atoms with Gasteiger partial charge < -0.3 is 0 Å². The van der Waals surface area contributed by atoms with Crippen LogP contribution < -0.4 is 26.4 Å². The van der Waals surface area contributed by atoms with Crippen molar-refractivity contribution in [3.63, 3.8) is 0 Å². The lowest BCUT2D eigenvalue weighted by atomic mass is 9.12. The van der Waals surface area contributed by atoms with Gasteiger partial charge in [-0.3, -0.25) is 0 Å². The molecule has 0 saturated heterocycles. The van der Waals surface area contributed by atoms with Crippen LogP contribution in [0.5, 0.6) is 0 Å². The lowest BCUT2D eigenvalue weighted by Gasteiger charge is -2.44. The second-order valence-electron chi connectivity index (χ2n) is 15.2. The van der Waals surface area contributed by atoms with Crippen molar-refractivity contribution in [3.05, 3.63) is 135 Å². The topological polar surface area (TPSA) is 8.81 Å². The third-order valence-corrected chi connectivity index (χ3v) is 11.0. The molecule has 1 aromatic heterocycles. The molecule has 0 bridgehead atoms. The zero-order valence-electron chi connectivity index (χ0n) is 34.7. The molecule has 1 heterocycles. The van der Waals surface area contributed by atoms with Gasteiger partial charge >= 0.3 is 0 Å². The van der Waals surface area contributed by atoms with Crippen LogP contribution in [0, 0.1) is 116 Å². The van der Waals surface area contributed by atoms with Gasteiger partial charge in [-0.15, -0.1) is 21.9 Å². The molecule has 0 unspecified atom stereocenters. The summed E-state index contributed by atoms with van der Waals surface area (Å²) in [6.07, 6.45) is 16.2. The van der Waals surface area contributed by atoms with Crippen molar-refractivity contribution in [2.24, 2.45) is 0 Å². The first-order valence-electron chi connectivity index (χ1n) is 20.3. The first-order chi connectivity index (χ1) is 31.1. The standard InChI is InChI=1S/C24BF20.C19H37N2/c26-5-1(6(27)14(35)21(42)13(5)34)25(2-7(28)15(36)22(43)16(37)8(2)29,3-9(30)17(38)23(44)18(39)10(3)31)4-11(32)19(40)24(45)20(41)12(4)33;1-3-5-7-8-9-10-11-12-13-14-16-21-18-17-20(19-21)15-6-4-2/h;17-19H,3-16H2,1-2H3/q-1;+1. The van der Waals surface area contributed by atoms with Crippen LogP contribution in [0.4, 0.5) is 87.8 Å². The molecule has 5 rings (SSSR count). The van der Waals surface area contributed by atoms with Crippen LogP contribution in [0.15, 0.2) is 18.7 Å². The molecule has 0 amide bonds. The Morgan fingerprint density at radius 2 is 0.576 bits per heavy atom. The highest BCUT2D eigenvalue weighted by molar-refractivity contribution is 7.20. The van der Waals surface area contributed by atoms with Crippen molar-refractivity contribution in [1.29, 1.82) is 0 Å². The molecule has 66 heavy (non-hydrogen) atoms. The predicted molar refractivity (Wildman–Crippen MR) is 201 cm³/mol. The summed E-state index contributed by atoms with van der Waals surface area (Å²) in [5, 5.41) is 0. The first-order valence-corrected chi connectivity index (χ1v) is 20.3. The fourth-order valence-corrected chi connectivity index (χ4v) is 7.70. The molecule has 0 spiro atoms. The molecular weight excluding hydrogens is 935 g/mol. The summed E-state index contributed by atoms with van der Waals surface area (Å²) in [4.78, 5) is 0. The van der Waals surface area contributed by atoms with Gasteiger partial charge in [-0.2, -0.15) is 0 Å². The fourth-order valence-electron chi connectivity index (χ4n) is 7.70. The molecule has 0 N–H and O–H groups in total. The summed E-state index contributed by atoms with van der Waals surface area (Å²) in [6.45, 7) is 6.90. The van der Waals surface area contributed by atoms with Crippen LogP contribution >= 0.6 is 0 Å². The molecule has 0 atom stereocenters. The van der Waals surface area contributed by atoms with E-state index >= 15 is 35.1 Å². The molecule has 0 aliphatic carbocycles. The van der Waals surface area contributed by atoms with Crippen molar-refractivity contribution in [3.8, 4) is 0 Å². The largest absolute Gasteiger partial charge is 0.243 e. The number of aromatic nitrogens is 2. The van der Waals surface area contributed by atoms with E-state index in [4.69, 9.17) is 0 Å². The maximum Gasteiger partial charge on any atom is 0.243 e. The molecule has 23 heteroatoms. The van der Waals surface area contributed by atoms with Gasteiger partial charge in [-0.25, -0.2) is 96.9 Å². The van der Waals surface area contributed by atoms with Crippen molar-refractivity contribution in [2.75, 3.05) is 0 Å². The zero-order chi connectivity index (χ0) is 49.5. The molecule has 0 radical (unpaired) electrons. The summed E-state index contributed by atoms with van der Waals surface area (Å²) in [7, 11) is 0. The second-order valence-corrected chi connectivity index (χ2v) is 15.2. The number of unbranched alkanes of at least 4 members (excludes halogenated alkanes) is 10. The molecule has 0 saturated carbocycles. The van der Waals surface area contributed by atoms with E-state index < -0.39 is 144 Å². The molecule has 362 valence electrons. The second kappa shape index (κ2) is 22.5. The van der Waals surface area contributed by atoms with Gasteiger partial charge in [0.1, 0.15) is 65.1 Å². The number of imidazole rings is 1. The van der Waals surface area contributed by atoms with Gasteiger partial charge in [0.15, 0.2) is 69.8 Å². The third-order valence-electron chi connectivity index (χ3n) is 11.0. The van der Waals surface area contributed by atoms with Crippen LogP contribution in [-0.2, 0) is 13.1 Å². The summed E-state index contributed by atoms with van der Waals surface area (Å²) < 4.78 is 299. The van der Waals surface area contributed by atoms with Crippen LogP contribution in [0.2, 0.25) is 0 Å². The third kappa shape index (κ3) is 10.0. The van der Waals surface area contributed by atoms with Gasteiger partial charge in [0, 0.05) is 0 Å². The number of nitrogens with zero attached hydrogens (tertiary/aromatic N) is 2. The van der Waals surface area contributed by atoms with Crippen molar-refractivity contribution >= 4 is 28.0 Å². The van der Waals surface area contributed by atoms with E-state index in [-0.39, 0.29) is 0 Å². The maximum atomic E-state index is 15.4. The van der Waals surface area contributed by atoms with Gasteiger partial charge in [0.05, 0.1) is 13.1 Å². The van der Waals surface area contributed by atoms with Crippen LogP contribution in [0.25, 0.3) is 0 Å². The minimum absolute atomic E-state index is 1.17. The SMILES string of the molecule is CCCCCCCCCCCC[n+]1ccn(CCCC)c1.Fc1c(F)c(F)c([B-](c2c(F)c(F)c(F)c(F)c2F)(c2c(F)c(F)c(F)c(F)c2F)c2c(F)c(F)c(F)c(F)c2F)c(F)c1F. The van der Waals surface area contributed by atoms with E-state index in [2.05, 4.69) is 41.7 Å². The van der Waals surface area contributed by atoms with Crippen molar-refractivity contribution in [1.82, 2.24) is 4.57 Å². The van der Waals surface area contributed by atoms with E-state index in [1.807, 2.05) is 0 Å². The number of rotatable bonds is 18. The molecule has 4 aromatic carbocycles. The number of benzene rings is 4. The Balaban J connectivity index is 0.000000380. The van der Waals surface area contributed by atoms with Crippen LogP contribution in [0.1, 0.15) is 90.9 Å². The summed E-state index contributed by atoms with van der Waals surface area (Å²) in [6, 6.07) is 0. The van der Waals surface area contributed by atoms with E-state index in [9.17, 15) is 52.7 Å². The Morgan fingerprint density at radius 1 is 0.333 bits per heavy atom. The first kappa shape index (κ1) is 53.4. The van der Waals surface area contributed by atoms with Gasteiger partial charge in [-0.1, -0.05) is 71.6 Å². The number of halogens is 20. The summed E-state index contributed by atoms with van der Waals surface area (Å²) in [5.74, 6) is -71.4. The average molecular weight is 973 g/mol. The highest BCUT2D eigenvalue weighted by atomic mass is 19.2. The predicted octanol–water partition coefficient (Wildman–Crippen LogP) is 11.3. The average Bonchev–Trinajstić information content (AvgIpc) is 3.76. The highest BCUT2D eigenvalue weighted by Gasteiger charge is 2.52. The zero-order valence-corrected chi connectivity index (χ0v) is 34.7. The molecule has 0 aliphatic rings. The summed E-state index contributed by atoms with van der Waals surface area (Å²) in [5.41, 5.74) is -14.3. The molecule has 2 nitrogen and oxygen atoms in total. The number of hydrogen-bond acceptors (Lipinski definition) is 0. The number of aryl methyl sites for hydroxylation is 2. The molecule has 0 fully saturated rings. The lowest BCUT2D eigenvalue weighted by molar-refractivity contribution is -0.696. The van der Waals surface area contributed by atoms with E-state index in [0.29, 0.717) is 0 Å². The van der Waals surface area contributed by atoms with Crippen LogP contribution in [0.3, 0.4) is 0 Å². The highest BCUT2D eigenvalue weighted by Crippen LogP contribution is 2.31.